The van der Waals surface area contributed by atoms with E-state index in [9.17, 15) is 9.59 Å². The minimum Gasteiger partial charge on any atom is -0.465 e. The third kappa shape index (κ3) is 3.27. The second-order valence-corrected chi connectivity index (χ2v) is 2.85. The smallest absolute Gasteiger partial charge is 0.337 e. The second-order valence-electron chi connectivity index (χ2n) is 2.85. The van der Waals surface area contributed by atoms with E-state index in [1.165, 1.54) is 19.3 Å². The Bertz CT molecular complexity index is 410. The van der Waals surface area contributed by atoms with Gasteiger partial charge >= 0.3 is 5.97 Å². The van der Waals surface area contributed by atoms with Crippen molar-refractivity contribution in [3.63, 3.8) is 0 Å². The lowest BCUT2D eigenvalue weighted by Gasteiger charge is -1.99. The monoisotopic (exact) mass is 205 g/mol. The first-order valence-electron chi connectivity index (χ1n) is 4.29. The maximum Gasteiger partial charge on any atom is 0.337 e. The van der Waals surface area contributed by atoms with Crippen LogP contribution >= 0.6 is 0 Å². The molecule has 1 amide bonds. The molecule has 1 rings (SSSR count). The standard InChI is InChI=1S/C11H11NO3/c1-15-11(14)9-4-2-3-8(7-9)5-6-10(12)13/h2-7H,1H3,(H2,12,13). The lowest BCUT2D eigenvalue weighted by molar-refractivity contribution is -0.113. The Morgan fingerprint density at radius 2 is 2.13 bits per heavy atom. The number of benzene rings is 1. The van der Waals surface area contributed by atoms with Crippen molar-refractivity contribution in [3.8, 4) is 0 Å². The van der Waals surface area contributed by atoms with Crippen LogP contribution in [-0.4, -0.2) is 19.0 Å². The van der Waals surface area contributed by atoms with Crippen molar-refractivity contribution in [1.82, 2.24) is 0 Å². The number of methoxy groups -OCH3 is 1. The van der Waals surface area contributed by atoms with Crippen LogP contribution in [0.5, 0.6) is 0 Å². The first-order valence-corrected chi connectivity index (χ1v) is 4.29. The predicted octanol–water partition coefficient (Wildman–Crippen LogP) is 0.972. The molecule has 0 spiro atoms. The van der Waals surface area contributed by atoms with Gasteiger partial charge in [-0.15, -0.1) is 0 Å². The Morgan fingerprint density at radius 1 is 1.40 bits per heavy atom. The highest BCUT2D eigenvalue weighted by Crippen LogP contribution is 2.07. The molecule has 1 aromatic rings. The Morgan fingerprint density at radius 3 is 2.73 bits per heavy atom. The first kappa shape index (κ1) is 11.0. The summed E-state index contributed by atoms with van der Waals surface area (Å²) in [4.78, 5) is 21.7. The summed E-state index contributed by atoms with van der Waals surface area (Å²) in [5.74, 6) is -0.942. The molecule has 0 saturated carbocycles. The molecule has 1 aromatic carbocycles. The normalized spacial score (nSPS) is 10.2. The summed E-state index contributed by atoms with van der Waals surface area (Å²) < 4.78 is 4.56. The van der Waals surface area contributed by atoms with Crippen LogP contribution in [0.25, 0.3) is 6.08 Å². The highest BCUT2D eigenvalue weighted by atomic mass is 16.5. The van der Waals surface area contributed by atoms with E-state index < -0.39 is 11.9 Å². The molecule has 0 unspecified atom stereocenters. The van der Waals surface area contributed by atoms with Crippen LogP contribution in [0, 0.1) is 0 Å². The molecule has 0 radical (unpaired) electrons. The molecular formula is C11H11NO3. The van der Waals surface area contributed by atoms with E-state index in [0.29, 0.717) is 5.56 Å². The third-order valence-corrected chi connectivity index (χ3v) is 1.75. The zero-order chi connectivity index (χ0) is 11.3. The van der Waals surface area contributed by atoms with Crippen LogP contribution in [0.3, 0.4) is 0 Å². The fraction of sp³-hybridized carbons (Fsp3) is 0.0909. The van der Waals surface area contributed by atoms with Crippen molar-refractivity contribution in [2.24, 2.45) is 5.73 Å². The number of primary amides is 1. The Hall–Kier alpha value is -2.10. The topological polar surface area (TPSA) is 69.4 Å². The maximum atomic E-state index is 11.2. The molecule has 0 aromatic heterocycles. The number of esters is 1. The van der Waals surface area contributed by atoms with Gasteiger partial charge in [0.05, 0.1) is 12.7 Å². The molecule has 0 aliphatic rings. The van der Waals surface area contributed by atoms with Gasteiger partial charge in [-0.2, -0.15) is 0 Å². The van der Waals surface area contributed by atoms with E-state index in [4.69, 9.17) is 5.73 Å². The largest absolute Gasteiger partial charge is 0.465 e. The fourth-order valence-corrected chi connectivity index (χ4v) is 1.07. The number of rotatable bonds is 3. The Kier molecular flexibility index (Phi) is 3.62. The molecule has 0 aliphatic carbocycles. The van der Waals surface area contributed by atoms with Crippen molar-refractivity contribution >= 4 is 18.0 Å². The van der Waals surface area contributed by atoms with Crippen LogP contribution in [0.4, 0.5) is 0 Å². The maximum absolute atomic E-state index is 11.2. The van der Waals surface area contributed by atoms with E-state index in [1.807, 2.05) is 0 Å². The SMILES string of the molecule is COC(=O)c1cccc(C=CC(N)=O)c1. The van der Waals surface area contributed by atoms with E-state index in [-0.39, 0.29) is 0 Å². The molecule has 15 heavy (non-hydrogen) atoms. The predicted molar refractivity (Wildman–Crippen MR) is 56.0 cm³/mol. The molecule has 0 fully saturated rings. The van der Waals surface area contributed by atoms with Gasteiger partial charge in [-0.05, 0) is 23.8 Å². The van der Waals surface area contributed by atoms with Crippen molar-refractivity contribution in [3.05, 3.63) is 41.5 Å². The molecule has 0 heterocycles. The number of carbonyl (C=O) groups is 2. The second kappa shape index (κ2) is 4.95. The Balaban J connectivity index is 2.92. The zero-order valence-electron chi connectivity index (χ0n) is 8.27. The van der Waals surface area contributed by atoms with Crippen LogP contribution in [0.1, 0.15) is 15.9 Å². The minimum atomic E-state index is -0.529. The van der Waals surface area contributed by atoms with E-state index in [2.05, 4.69) is 4.74 Å². The van der Waals surface area contributed by atoms with Crippen molar-refractivity contribution < 1.29 is 14.3 Å². The van der Waals surface area contributed by atoms with Gasteiger partial charge < -0.3 is 10.5 Å². The number of hydrogen-bond donors (Lipinski definition) is 1. The quantitative estimate of drug-likeness (QED) is 0.590. The van der Waals surface area contributed by atoms with Crippen molar-refractivity contribution in [1.29, 1.82) is 0 Å². The minimum absolute atomic E-state index is 0.413. The van der Waals surface area contributed by atoms with E-state index in [1.54, 1.807) is 24.3 Å². The summed E-state index contributed by atoms with van der Waals surface area (Å²) in [5.41, 5.74) is 6.10. The van der Waals surface area contributed by atoms with Gasteiger partial charge in [-0.25, -0.2) is 4.79 Å². The average Bonchev–Trinajstić information content (AvgIpc) is 2.25. The summed E-state index contributed by atoms with van der Waals surface area (Å²) in [6.45, 7) is 0. The lowest BCUT2D eigenvalue weighted by Crippen LogP contribution is -2.05. The highest BCUT2D eigenvalue weighted by molar-refractivity contribution is 5.92. The Labute approximate surface area is 87.3 Å². The number of hydrogen-bond acceptors (Lipinski definition) is 3. The van der Waals surface area contributed by atoms with Gasteiger partial charge in [0.25, 0.3) is 0 Å². The number of nitrogens with two attached hydrogens (primary N) is 1. The van der Waals surface area contributed by atoms with Crippen LogP contribution < -0.4 is 5.73 Å². The molecule has 78 valence electrons. The summed E-state index contributed by atoms with van der Waals surface area (Å²) in [6.07, 6.45) is 2.77. The van der Waals surface area contributed by atoms with Crippen LogP contribution in [0.2, 0.25) is 0 Å². The molecule has 0 bridgehead atoms. The van der Waals surface area contributed by atoms with Gasteiger partial charge in [-0.3, -0.25) is 4.79 Å². The molecule has 4 nitrogen and oxygen atoms in total. The highest BCUT2D eigenvalue weighted by Gasteiger charge is 2.03. The number of amides is 1. The molecule has 0 atom stereocenters. The summed E-state index contributed by atoms with van der Waals surface area (Å²) in [6, 6.07) is 6.71. The molecule has 0 saturated heterocycles. The molecular weight excluding hydrogens is 194 g/mol. The van der Waals surface area contributed by atoms with Crippen molar-refractivity contribution in [2.45, 2.75) is 0 Å². The van der Waals surface area contributed by atoms with Gasteiger partial charge in [0, 0.05) is 6.08 Å². The van der Waals surface area contributed by atoms with Crippen LogP contribution in [0.15, 0.2) is 30.3 Å². The van der Waals surface area contributed by atoms with Crippen LogP contribution in [-0.2, 0) is 9.53 Å². The average molecular weight is 205 g/mol. The van der Waals surface area contributed by atoms with Gasteiger partial charge in [0.2, 0.25) is 5.91 Å². The third-order valence-electron chi connectivity index (χ3n) is 1.75. The van der Waals surface area contributed by atoms with E-state index in [0.717, 1.165) is 5.56 Å². The molecule has 4 heteroatoms. The lowest BCUT2D eigenvalue weighted by atomic mass is 10.1. The summed E-state index contributed by atoms with van der Waals surface area (Å²) in [7, 11) is 1.31. The number of ether oxygens (including phenoxy) is 1. The van der Waals surface area contributed by atoms with Gasteiger partial charge in [-0.1, -0.05) is 12.1 Å². The summed E-state index contributed by atoms with van der Waals surface area (Å²) >= 11 is 0. The zero-order valence-corrected chi connectivity index (χ0v) is 8.27. The molecule has 0 aliphatic heterocycles. The van der Waals surface area contributed by atoms with Crippen molar-refractivity contribution in [2.75, 3.05) is 7.11 Å². The number of carbonyl (C=O) groups excluding carboxylic acids is 2. The van der Waals surface area contributed by atoms with Gasteiger partial charge in [0.1, 0.15) is 0 Å². The first-order chi connectivity index (χ1) is 7.13. The molecule has 2 N–H and O–H groups in total. The summed E-state index contributed by atoms with van der Waals surface area (Å²) in [5, 5.41) is 0. The van der Waals surface area contributed by atoms with E-state index >= 15 is 0 Å². The fourth-order valence-electron chi connectivity index (χ4n) is 1.07. The van der Waals surface area contributed by atoms with Gasteiger partial charge in [0.15, 0.2) is 0 Å².